The van der Waals surface area contributed by atoms with Gasteiger partial charge in [0.25, 0.3) is 0 Å². The highest BCUT2D eigenvalue weighted by Crippen LogP contribution is 2.53. The molecule has 5 rings (SSSR count). The van der Waals surface area contributed by atoms with Gasteiger partial charge in [0.2, 0.25) is 21.7 Å². The number of hydrogen-bond acceptors (Lipinski definition) is 4. The van der Waals surface area contributed by atoms with E-state index in [2.05, 4.69) is 12.2 Å². The number of imide groups is 1. The molecule has 2 amide bonds. The summed E-state index contributed by atoms with van der Waals surface area (Å²) in [5.41, 5.74) is 0.436. The lowest BCUT2D eigenvalue weighted by atomic mass is 9.85. The van der Waals surface area contributed by atoms with Crippen molar-refractivity contribution in [2.24, 2.45) is 23.7 Å². The topological polar surface area (TPSA) is 71.5 Å². The Kier molecular flexibility index (Phi) is 3.43. The summed E-state index contributed by atoms with van der Waals surface area (Å²) in [6.07, 6.45) is 4.99. The largest absolute Gasteiger partial charge is 0.274 e. The number of hydrogen-bond donors (Lipinski definition) is 0. The standard InChI is InChI=1S/C21H17NO4S/c23-20-18-13-6-7-14(12-13)19(18)21(24)22(20)15-8-10-17(11-9-15)27(25,26)16-4-2-1-3-5-16/h1-11,13-14,18-19H,12H2. The SMILES string of the molecule is O=C1C2C3C=CC(C3)C2C(=O)N1c1ccc(S(=O)(=O)c2ccccc2)cc1. The van der Waals surface area contributed by atoms with Crippen molar-refractivity contribution in [3.63, 3.8) is 0 Å². The minimum Gasteiger partial charge on any atom is -0.274 e. The summed E-state index contributed by atoms with van der Waals surface area (Å²) in [4.78, 5) is 27.3. The molecule has 1 saturated carbocycles. The first-order chi connectivity index (χ1) is 13.0. The fraction of sp³-hybridized carbons (Fsp3) is 0.238. The second-order valence-corrected chi connectivity index (χ2v) is 9.27. The van der Waals surface area contributed by atoms with Crippen LogP contribution in [-0.4, -0.2) is 20.2 Å². The Morgan fingerprint density at radius 1 is 0.741 bits per heavy atom. The van der Waals surface area contributed by atoms with Crippen LogP contribution in [0.5, 0.6) is 0 Å². The fourth-order valence-electron chi connectivity index (χ4n) is 4.67. The summed E-state index contributed by atoms with van der Waals surface area (Å²) in [7, 11) is -3.63. The highest BCUT2D eigenvalue weighted by molar-refractivity contribution is 7.91. The highest BCUT2D eigenvalue weighted by atomic mass is 32.2. The number of allylic oxidation sites excluding steroid dienone is 2. The van der Waals surface area contributed by atoms with Crippen molar-refractivity contribution in [1.82, 2.24) is 0 Å². The molecule has 0 spiro atoms. The first-order valence-corrected chi connectivity index (χ1v) is 10.4. The van der Waals surface area contributed by atoms with Gasteiger partial charge in [0, 0.05) is 0 Å². The summed E-state index contributed by atoms with van der Waals surface area (Å²) >= 11 is 0. The Balaban J connectivity index is 1.47. The summed E-state index contributed by atoms with van der Waals surface area (Å²) in [6, 6.07) is 14.2. The van der Waals surface area contributed by atoms with Gasteiger partial charge in [-0.1, -0.05) is 30.4 Å². The van der Waals surface area contributed by atoms with Gasteiger partial charge in [0.1, 0.15) is 0 Å². The first-order valence-electron chi connectivity index (χ1n) is 8.95. The third-order valence-corrected chi connectivity index (χ3v) is 7.71. The Labute approximate surface area is 157 Å². The number of rotatable bonds is 3. The zero-order valence-corrected chi connectivity index (χ0v) is 15.2. The normalized spacial score (nSPS) is 28.8. The van der Waals surface area contributed by atoms with Gasteiger partial charge in [0.05, 0.1) is 27.3 Å². The molecule has 0 aromatic heterocycles. The lowest BCUT2D eigenvalue weighted by Gasteiger charge is -2.17. The van der Waals surface area contributed by atoms with E-state index in [-0.39, 0.29) is 45.3 Å². The maximum Gasteiger partial charge on any atom is 0.238 e. The Bertz CT molecular complexity index is 1040. The zero-order chi connectivity index (χ0) is 18.8. The van der Waals surface area contributed by atoms with Crippen molar-refractivity contribution in [3.05, 3.63) is 66.7 Å². The average Bonchev–Trinajstić information content (AvgIpc) is 3.36. The van der Waals surface area contributed by atoms with Gasteiger partial charge in [-0.3, -0.25) is 14.5 Å². The number of nitrogens with zero attached hydrogens (tertiary/aromatic N) is 1. The van der Waals surface area contributed by atoms with Gasteiger partial charge in [-0.25, -0.2) is 8.42 Å². The number of carbonyl (C=O) groups excluding carboxylic acids is 2. The monoisotopic (exact) mass is 379 g/mol. The molecule has 5 nitrogen and oxygen atoms in total. The van der Waals surface area contributed by atoms with Crippen LogP contribution >= 0.6 is 0 Å². The van der Waals surface area contributed by atoms with Crippen molar-refractivity contribution in [1.29, 1.82) is 0 Å². The predicted molar refractivity (Wildman–Crippen MR) is 98.5 cm³/mol. The average molecular weight is 379 g/mol. The van der Waals surface area contributed by atoms with Crippen molar-refractivity contribution in [2.45, 2.75) is 16.2 Å². The number of fused-ring (bicyclic) bond motifs is 5. The van der Waals surface area contributed by atoms with Gasteiger partial charge in [0.15, 0.2) is 0 Å². The van der Waals surface area contributed by atoms with Crippen molar-refractivity contribution in [3.8, 4) is 0 Å². The van der Waals surface area contributed by atoms with E-state index < -0.39 is 9.84 Å². The molecule has 0 radical (unpaired) electrons. The van der Waals surface area contributed by atoms with E-state index >= 15 is 0 Å². The summed E-state index contributed by atoms with van der Waals surface area (Å²) in [5, 5.41) is 0. The Morgan fingerprint density at radius 2 is 1.26 bits per heavy atom. The van der Waals surface area contributed by atoms with E-state index in [0.29, 0.717) is 5.69 Å². The van der Waals surface area contributed by atoms with E-state index in [9.17, 15) is 18.0 Å². The highest BCUT2D eigenvalue weighted by Gasteiger charge is 2.59. The predicted octanol–water partition coefficient (Wildman–Crippen LogP) is 2.83. The van der Waals surface area contributed by atoms with Crippen LogP contribution in [0.1, 0.15) is 6.42 Å². The molecule has 2 aliphatic carbocycles. The van der Waals surface area contributed by atoms with Crippen LogP contribution in [-0.2, 0) is 19.4 Å². The smallest absolute Gasteiger partial charge is 0.238 e. The molecule has 1 heterocycles. The molecule has 136 valence electrons. The van der Waals surface area contributed by atoms with E-state index in [1.165, 1.54) is 17.0 Å². The quantitative estimate of drug-likeness (QED) is 0.607. The number of sulfone groups is 1. The number of carbonyl (C=O) groups is 2. The van der Waals surface area contributed by atoms with E-state index in [0.717, 1.165) is 6.42 Å². The summed E-state index contributed by atoms with van der Waals surface area (Å²) in [6.45, 7) is 0. The van der Waals surface area contributed by atoms with Gasteiger partial charge in [-0.05, 0) is 54.7 Å². The second kappa shape index (κ2) is 5.63. The number of anilines is 1. The molecule has 1 saturated heterocycles. The zero-order valence-electron chi connectivity index (χ0n) is 14.4. The lowest BCUT2D eigenvalue weighted by molar-refractivity contribution is -0.123. The van der Waals surface area contributed by atoms with Crippen LogP contribution in [0.2, 0.25) is 0 Å². The van der Waals surface area contributed by atoms with Gasteiger partial charge < -0.3 is 0 Å². The maximum atomic E-state index is 12.8. The molecule has 1 aliphatic heterocycles. The number of benzene rings is 2. The number of amides is 2. The molecule has 2 aromatic rings. The molecule has 2 aromatic carbocycles. The molecule has 2 fully saturated rings. The van der Waals surface area contributed by atoms with Crippen molar-refractivity contribution < 1.29 is 18.0 Å². The molecule has 2 bridgehead atoms. The minimum absolute atomic E-state index is 0.137. The minimum atomic E-state index is -3.63. The van der Waals surface area contributed by atoms with E-state index in [1.807, 2.05) is 0 Å². The van der Waals surface area contributed by atoms with Crippen LogP contribution < -0.4 is 4.90 Å². The van der Waals surface area contributed by atoms with Gasteiger partial charge in [-0.15, -0.1) is 0 Å². The molecule has 4 atom stereocenters. The van der Waals surface area contributed by atoms with Gasteiger partial charge in [-0.2, -0.15) is 0 Å². The van der Waals surface area contributed by atoms with Crippen LogP contribution in [0.4, 0.5) is 5.69 Å². The molecule has 4 unspecified atom stereocenters. The van der Waals surface area contributed by atoms with E-state index in [4.69, 9.17) is 0 Å². The van der Waals surface area contributed by atoms with Crippen molar-refractivity contribution in [2.75, 3.05) is 4.90 Å². The molecule has 0 N–H and O–H groups in total. The lowest BCUT2D eigenvalue weighted by Crippen LogP contribution is -2.32. The first kappa shape index (κ1) is 16.4. The third kappa shape index (κ3) is 2.26. The van der Waals surface area contributed by atoms with E-state index in [1.54, 1.807) is 42.5 Å². The summed E-state index contributed by atoms with van der Waals surface area (Å²) in [5.74, 6) is -0.556. The molecule has 3 aliphatic rings. The van der Waals surface area contributed by atoms with Crippen molar-refractivity contribution >= 4 is 27.3 Å². The van der Waals surface area contributed by atoms with Crippen LogP contribution in [0.3, 0.4) is 0 Å². The summed E-state index contributed by atoms with van der Waals surface area (Å²) < 4.78 is 25.4. The molecule has 6 heteroatoms. The Hall–Kier alpha value is -2.73. The van der Waals surface area contributed by atoms with Crippen LogP contribution in [0.25, 0.3) is 0 Å². The second-order valence-electron chi connectivity index (χ2n) is 7.32. The molecular weight excluding hydrogens is 362 g/mol. The van der Waals surface area contributed by atoms with Crippen LogP contribution in [0.15, 0.2) is 76.5 Å². The molecule has 27 heavy (non-hydrogen) atoms. The van der Waals surface area contributed by atoms with Crippen LogP contribution in [0, 0.1) is 23.7 Å². The third-order valence-electron chi connectivity index (χ3n) is 5.93. The molecular formula is C21H17NO4S. The maximum absolute atomic E-state index is 12.8. The fourth-order valence-corrected chi connectivity index (χ4v) is 5.95. The Morgan fingerprint density at radius 3 is 1.81 bits per heavy atom. The van der Waals surface area contributed by atoms with Gasteiger partial charge >= 0.3 is 0 Å².